The third kappa shape index (κ3) is 6.39. The first kappa shape index (κ1) is 18.5. The quantitative estimate of drug-likeness (QED) is 0.444. The maximum atomic E-state index is 9.13. The van der Waals surface area contributed by atoms with E-state index in [-0.39, 0.29) is 45.3 Å². The average molecular weight is 306 g/mol. The van der Waals surface area contributed by atoms with E-state index in [4.69, 9.17) is 33.5 Å². The summed E-state index contributed by atoms with van der Waals surface area (Å²) in [7, 11) is 4.69. The van der Waals surface area contributed by atoms with Crippen molar-refractivity contribution in [1.29, 1.82) is 0 Å². The summed E-state index contributed by atoms with van der Waals surface area (Å²) in [5.74, 6) is 0. The van der Waals surface area contributed by atoms with Crippen molar-refractivity contribution < 1.29 is 33.5 Å². The van der Waals surface area contributed by atoms with Crippen LogP contribution in [0, 0.1) is 0 Å². The summed E-state index contributed by atoms with van der Waals surface area (Å²) in [6.07, 6.45) is 2.33. The molecule has 0 aromatic rings. The van der Waals surface area contributed by atoms with Crippen LogP contribution in [0.4, 0.5) is 0 Å². The first-order chi connectivity index (χ1) is 10.3. The first-order valence-electron chi connectivity index (χ1n) is 6.88. The van der Waals surface area contributed by atoms with Gasteiger partial charge in [0, 0.05) is 27.9 Å². The summed E-state index contributed by atoms with van der Waals surface area (Å²) in [4.78, 5) is 0. The van der Waals surface area contributed by atoms with Gasteiger partial charge in [-0.2, -0.15) is 0 Å². The van der Waals surface area contributed by atoms with E-state index in [1.54, 1.807) is 21.3 Å². The van der Waals surface area contributed by atoms with Crippen LogP contribution in [-0.2, 0) is 28.4 Å². The molecule has 7 nitrogen and oxygen atoms in total. The van der Waals surface area contributed by atoms with Gasteiger partial charge < -0.3 is 33.5 Å². The van der Waals surface area contributed by atoms with Gasteiger partial charge >= 0.3 is 0 Å². The molecule has 3 atom stereocenters. The van der Waals surface area contributed by atoms with Gasteiger partial charge in [0.2, 0.25) is 0 Å². The fraction of sp³-hybridized carbons (Fsp3) is 0.857. The predicted molar refractivity (Wildman–Crippen MR) is 74.6 cm³/mol. The highest BCUT2D eigenvalue weighted by atomic mass is 16.7. The minimum atomic E-state index is -0.322. The SMILES string of the molecule is COCO[C@@H]1[C@H](OCOC)C=C(CCO)C[C@H]1OCOC. The maximum Gasteiger partial charge on any atom is 0.147 e. The van der Waals surface area contributed by atoms with Crippen LogP contribution < -0.4 is 0 Å². The molecular formula is C14H26O7. The summed E-state index contributed by atoms with van der Waals surface area (Å²) >= 11 is 0. The van der Waals surface area contributed by atoms with Crippen LogP contribution in [-0.4, -0.2) is 71.7 Å². The monoisotopic (exact) mass is 306 g/mol. The molecule has 0 heterocycles. The van der Waals surface area contributed by atoms with Gasteiger partial charge in [0.25, 0.3) is 0 Å². The fourth-order valence-corrected chi connectivity index (χ4v) is 2.26. The van der Waals surface area contributed by atoms with Gasteiger partial charge in [0.15, 0.2) is 0 Å². The van der Waals surface area contributed by atoms with Gasteiger partial charge in [-0.15, -0.1) is 0 Å². The lowest BCUT2D eigenvalue weighted by Crippen LogP contribution is -2.46. The van der Waals surface area contributed by atoms with E-state index in [0.717, 1.165) is 5.57 Å². The highest BCUT2D eigenvalue weighted by Crippen LogP contribution is 2.28. The zero-order chi connectivity index (χ0) is 15.5. The summed E-state index contributed by atoms with van der Waals surface area (Å²) in [6.45, 7) is 0.551. The number of rotatable bonds is 11. The Labute approximate surface area is 125 Å². The number of aliphatic hydroxyl groups is 1. The van der Waals surface area contributed by atoms with Crippen molar-refractivity contribution >= 4 is 0 Å². The van der Waals surface area contributed by atoms with E-state index in [2.05, 4.69) is 0 Å². The summed E-state index contributed by atoms with van der Waals surface area (Å²) in [6, 6.07) is 0. The van der Waals surface area contributed by atoms with Crippen LogP contribution in [0.25, 0.3) is 0 Å². The van der Waals surface area contributed by atoms with Gasteiger partial charge in [-0.25, -0.2) is 0 Å². The standard InChI is InChI=1S/C14H26O7/c1-16-8-19-12-6-11(4-5-15)7-13(20-9-17-2)14(12)21-10-18-3/h6,12-15H,4-5,7-10H2,1-3H3/t12-,13-,14-/m1/s1. The molecule has 0 amide bonds. The summed E-state index contributed by atoms with van der Waals surface area (Å²) in [5.41, 5.74) is 1.07. The molecule has 0 bridgehead atoms. The molecule has 0 unspecified atom stereocenters. The van der Waals surface area contributed by atoms with E-state index in [9.17, 15) is 0 Å². The normalized spacial score (nSPS) is 25.9. The Balaban J connectivity index is 2.79. The third-order valence-corrected chi connectivity index (χ3v) is 3.14. The predicted octanol–water partition coefficient (Wildman–Crippen LogP) is 0.666. The van der Waals surface area contributed by atoms with Crippen molar-refractivity contribution in [2.75, 3.05) is 48.3 Å². The van der Waals surface area contributed by atoms with E-state index in [0.29, 0.717) is 12.8 Å². The topological polar surface area (TPSA) is 75.6 Å². The van der Waals surface area contributed by atoms with Gasteiger partial charge in [0.1, 0.15) is 32.6 Å². The number of hydrogen-bond donors (Lipinski definition) is 1. The van der Waals surface area contributed by atoms with E-state index in [1.807, 2.05) is 6.08 Å². The Kier molecular flexibility index (Phi) is 9.77. The molecule has 0 saturated carbocycles. The second kappa shape index (κ2) is 11.1. The van der Waals surface area contributed by atoms with E-state index in [1.165, 1.54) is 0 Å². The molecule has 1 rings (SSSR count). The van der Waals surface area contributed by atoms with Gasteiger partial charge in [0.05, 0.1) is 6.10 Å². The first-order valence-corrected chi connectivity index (χ1v) is 6.88. The Bertz CT molecular complexity index is 295. The zero-order valence-corrected chi connectivity index (χ0v) is 12.9. The van der Waals surface area contributed by atoms with Crippen molar-refractivity contribution in [2.45, 2.75) is 31.2 Å². The molecule has 0 aromatic heterocycles. The highest BCUT2D eigenvalue weighted by Gasteiger charge is 2.35. The van der Waals surface area contributed by atoms with Crippen LogP contribution in [0.2, 0.25) is 0 Å². The molecule has 1 aliphatic carbocycles. The lowest BCUT2D eigenvalue weighted by molar-refractivity contribution is -0.200. The molecule has 21 heavy (non-hydrogen) atoms. The molecular weight excluding hydrogens is 280 g/mol. The lowest BCUT2D eigenvalue weighted by atomic mass is 9.90. The molecule has 1 aliphatic rings. The van der Waals surface area contributed by atoms with Crippen LogP contribution in [0.15, 0.2) is 11.6 Å². The third-order valence-electron chi connectivity index (χ3n) is 3.14. The molecule has 1 N–H and O–H groups in total. The van der Waals surface area contributed by atoms with Crippen LogP contribution in [0.1, 0.15) is 12.8 Å². The number of methoxy groups -OCH3 is 3. The summed E-state index contributed by atoms with van der Waals surface area (Å²) in [5, 5.41) is 9.13. The largest absolute Gasteiger partial charge is 0.396 e. The molecule has 0 aromatic carbocycles. The van der Waals surface area contributed by atoms with E-state index >= 15 is 0 Å². The molecule has 7 heteroatoms. The van der Waals surface area contributed by atoms with Crippen molar-refractivity contribution in [1.82, 2.24) is 0 Å². The Hall–Kier alpha value is -0.540. The highest BCUT2D eigenvalue weighted by molar-refractivity contribution is 5.15. The maximum absolute atomic E-state index is 9.13. The van der Waals surface area contributed by atoms with Crippen molar-refractivity contribution in [3.8, 4) is 0 Å². The molecule has 0 aliphatic heterocycles. The Morgan fingerprint density at radius 3 is 2.24 bits per heavy atom. The fourth-order valence-electron chi connectivity index (χ4n) is 2.26. The van der Waals surface area contributed by atoms with Crippen molar-refractivity contribution in [2.24, 2.45) is 0 Å². The number of hydrogen-bond acceptors (Lipinski definition) is 7. The van der Waals surface area contributed by atoms with Gasteiger partial charge in [-0.05, 0) is 12.8 Å². The van der Waals surface area contributed by atoms with E-state index < -0.39 is 0 Å². The second-order valence-electron chi connectivity index (χ2n) is 4.69. The molecule has 0 radical (unpaired) electrons. The summed E-state index contributed by atoms with van der Waals surface area (Å²) < 4.78 is 31.9. The molecule has 0 fully saturated rings. The number of ether oxygens (including phenoxy) is 6. The molecule has 124 valence electrons. The van der Waals surface area contributed by atoms with Crippen molar-refractivity contribution in [3.63, 3.8) is 0 Å². The molecule has 0 spiro atoms. The Morgan fingerprint density at radius 2 is 1.62 bits per heavy atom. The minimum Gasteiger partial charge on any atom is -0.396 e. The average Bonchev–Trinajstić information content (AvgIpc) is 2.49. The van der Waals surface area contributed by atoms with Crippen LogP contribution in [0.5, 0.6) is 0 Å². The zero-order valence-electron chi connectivity index (χ0n) is 12.9. The van der Waals surface area contributed by atoms with Crippen LogP contribution >= 0.6 is 0 Å². The van der Waals surface area contributed by atoms with Crippen molar-refractivity contribution in [3.05, 3.63) is 11.6 Å². The lowest BCUT2D eigenvalue weighted by Gasteiger charge is -2.36. The smallest absolute Gasteiger partial charge is 0.147 e. The van der Waals surface area contributed by atoms with Crippen LogP contribution in [0.3, 0.4) is 0 Å². The van der Waals surface area contributed by atoms with Gasteiger partial charge in [-0.3, -0.25) is 0 Å². The number of aliphatic hydroxyl groups excluding tert-OH is 1. The van der Waals surface area contributed by atoms with Gasteiger partial charge in [-0.1, -0.05) is 11.6 Å². The Morgan fingerprint density at radius 1 is 1.00 bits per heavy atom. The minimum absolute atomic E-state index is 0.0867. The molecule has 0 saturated heterocycles. The second-order valence-corrected chi connectivity index (χ2v) is 4.69.